The summed E-state index contributed by atoms with van der Waals surface area (Å²) in [7, 11) is 0. The van der Waals surface area contributed by atoms with Gasteiger partial charge in [0.1, 0.15) is 5.76 Å². The molecule has 0 bridgehead atoms. The number of rotatable bonds is 3. The van der Waals surface area contributed by atoms with Crippen LogP contribution in [0.15, 0.2) is 10.5 Å². The van der Waals surface area contributed by atoms with Gasteiger partial charge in [-0.3, -0.25) is 15.1 Å². The molecular weight excluding hydrogens is 246 g/mol. The zero-order chi connectivity index (χ0) is 14.0. The molecule has 1 aliphatic rings. The minimum atomic E-state index is -0.405. The van der Waals surface area contributed by atoms with Gasteiger partial charge in [0.15, 0.2) is 5.76 Å². The van der Waals surface area contributed by atoms with Crippen LogP contribution in [0.25, 0.3) is 0 Å². The number of hydrogen-bond acceptors (Lipinski definition) is 5. The smallest absolute Gasteiger partial charge is 0.300 e. The van der Waals surface area contributed by atoms with Crippen LogP contribution in [-0.2, 0) is 11.3 Å². The van der Waals surface area contributed by atoms with Gasteiger partial charge in [-0.05, 0) is 26.8 Å². The molecule has 1 aromatic heterocycles. The van der Waals surface area contributed by atoms with Crippen molar-refractivity contribution in [2.24, 2.45) is 5.84 Å². The lowest BCUT2D eigenvalue weighted by atomic mass is 10.2. The summed E-state index contributed by atoms with van der Waals surface area (Å²) >= 11 is 0. The number of amides is 1. The van der Waals surface area contributed by atoms with E-state index in [0.717, 1.165) is 31.0 Å². The lowest BCUT2D eigenvalue weighted by Gasteiger charge is -2.35. The molecule has 1 amide bonds. The summed E-state index contributed by atoms with van der Waals surface area (Å²) in [5.74, 6) is 5.70. The number of nitrogen functional groups attached to an aromatic ring is 1. The first-order chi connectivity index (χ1) is 8.99. The third-order valence-electron chi connectivity index (χ3n) is 3.26. The van der Waals surface area contributed by atoms with E-state index in [1.54, 1.807) is 6.07 Å². The molecule has 1 aromatic rings. The van der Waals surface area contributed by atoms with Gasteiger partial charge in [0.2, 0.25) is 0 Å². The van der Waals surface area contributed by atoms with Crippen molar-refractivity contribution in [3.63, 3.8) is 0 Å². The summed E-state index contributed by atoms with van der Waals surface area (Å²) in [6, 6.07) is 1.75. The number of hydrogen-bond donors (Lipinski definition) is 2. The van der Waals surface area contributed by atoms with Gasteiger partial charge >= 0.3 is 5.91 Å². The van der Waals surface area contributed by atoms with Crippen LogP contribution in [-0.4, -0.2) is 36.1 Å². The van der Waals surface area contributed by atoms with Crippen LogP contribution in [0.4, 0.5) is 0 Å². The fourth-order valence-electron chi connectivity index (χ4n) is 2.51. The second-order valence-corrected chi connectivity index (χ2v) is 5.12. The number of carbonyl (C=O) groups excluding carboxylic acids is 1. The van der Waals surface area contributed by atoms with Gasteiger partial charge in [-0.2, -0.15) is 0 Å². The Morgan fingerprint density at radius 1 is 1.47 bits per heavy atom. The largest absolute Gasteiger partial charge is 0.456 e. The highest BCUT2D eigenvalue weighted by Crippen LogP contribution is 2.19. The minimum Gasteiger partial charge on any atom is -0.456 e. The van der Waals surface area contributed by atoms with Crippen molar-refractivity contribution in [2.45, 2.75) is 39.5 Å². The maximum atomic E-state index is 11.4. The van der Waals surface area contributed by atoms with Crippen molar-refractivity contribution in [3.8, 4) is 0 Å². The molecular formula is C13H21N3O3. The van der Waals surface area contributed by atoms with Crippen LogP contribution in [0.3, 0.4) is 0 Å². The van der Waals surface area contributed by atoms with E-state index in [1.807, 2.05) is 6.92 Å². The fourth-order valence-corrected chi connectivity index (χ4v) is 2.51. The molecule has 0 aromatic carbocycles. The maximum Gasteiger partial charge on any atom is 0.300 e. The molecule has 2 rings (SSSR count). The average Bonchev–Trinajstić information content (AvgIpc) is 2.68. The Morgan fingerprint density at radius 2 is 2.11 bits per heavy atom. The van der Waals surface area contributed by atoms with Crippen molar-refractivity contribution >= 4 is 5.91 Å². The van der Waals surface area contributed by atoms with Crippen LogP contribution < -0.4 is 11.3 Å². The van der Waals surface area contributed by atoms with Gasteiger partial charge in [-0.1, -0.05) is 0 Å². The number of furan rings is 1. The van der Waals surface area contributed by atoms with Crippen molar-refractivity contribution in [3.05, 3.63) is 23.2 Å². The van der Waals surface area contributed by atoms with E-state index in [1.165, 1.54) is 0 Å². The lowest BCUT2D eigenvalue weighted by Crippen LogP contribution is -2.44. The first-order valence-corrected chi connectivity index (χ1v) is 6.47. The number of morpholine rings is 1. The quantitative estimate of drug-likeness (QED) is 0.481. The van der Waals surface area contributed by atoms with Crippen molar-refractivity contribution in [1.82, 2.24) is 10.3 Å². The molecule has 19 heavy (non-hydrogen) atoms. The predicted octanol–water partition coefficient (Wildman–Crippen LogP) is 0.801. The Kier molecular flexibility index (Phi) is 4.24. The van der Waals surface area contributed by atoms with Crippen molar-refractivity contribution in [1.29, 1.82) is 0 Å². The highest BCUT2D eigenvalue weighted by atomic mass is 16.5. The summed E-state index contributed by atoms with van der Waals surface area (Å²) in [5, 5.41) is 0. The summed E-state index contributed by atoms with van der Waals surface area (Å²) in [4.78, 5) is 13.7. The standard InChI is InChI=1S/C13H21N3O3/c1-8-5-16(6-9(2)18-8)7-11-4-12(13(17)15-14)19-10(11)3/h4,8-9H,5-7,14H2,1-3H3,(H,15,17). The van der Waals surface area contributed by atoms with Gasteiger partial charge in [-0.25, -0.2) is 5.84 Å². The lowest BCUT2D eigenvalue weighted by molar-refractivity contribution is -0.0705. The Balaban J connectivity index is 2.06. The van der Waals surface area contributed by atoms with Gasteiger partial charge in [0, 0.05) is 25.2 Å². The Bertz CT molecular complexity index is 448. The molecule has 1 fully saturated rings. The summed E-state index contributed by atoms with van der Waals surface area (Å²) in [5.41, 5.74) is 3.09. The number of carbonyl (C=O) groups is 1. The van der Waals surface area contributed by atoms with E-state index in [9.17, 15) is 4.79 Å². The second kappa shape index (κ2) is 5.73. The molecule has 0 saturated carbocycles. The molecule has 106 valence electrons. The number of aryl methyl sites for hydroxylation is 1. The number of nitrogens with two attached hydrogens (primary N) is 1. The fraction of sp³-hybridized carbons (Fsp3) is 0.615. The van der Waals surface area contributed by atoms with Crippen molar-refractivity contribution < 1.29 is 13.9 Å². The predicted molar refractivity (Wildman–Crippen MR) is 70.4 cm³/mol. The highest BCUT2D eigenvalue weighted by Gasteiger charge is 2.23. The second-order valence-electron chi connectivity index (χ2n) is 5.12. The molecule has 1 aliphatic heterocycles. The summed E-state index contributed by atoms with van der Waals surface area (Å²) in [6.07, 6.45) is 0.450. The average molecular weight is 267 g/mol. The molecule has 3 N–H and O–H groups in total. The Hall–Kier alpha value is -1.37. The third-order valence-corrected chi connectivity index (χ3v) is 3.26. The van der Waals surface area contributed by atoms with E-state index < -0.39 is 5.91 Å². The van der Waals surface area contributed by atoms with Crippen LogP contribution in [0, 0.1) is 6.92 Å². The van der Waals surface area contributed by atoms with Gasteiger partial charge in [0.05, 0.1) is 12.2 Å². The molecule has 1 saturated heterocycles. The molecule has 2 atom stereocenters. The molecule has 6 nitrogen and oxygen atoms in total. The zero-order valence-corrected chi connectivity index (χ0v) is 11.6. The van der Waals surface area contributed by atoms with E-state index in [-0.39, 0.29) is 18.0 Å². The van der Waals surface area contributed by atoms with Gasteiger partial charge < -0.3 is 9.15 Å². The molecule has 2 heterocycles. The normalized spacial score (nSPS) is 24.4. The minimum absolute atomic E-state index is 0.225. The Labute approximate surface area is 112 Å². The number of ether oxygens (including phenoxy) is 1. The van der Waals surface area contributed by atoms with E-state index in [4.69, 9.17) is 15.0 Å². The van der Waals surface area contributed by atoms with Crippen molar-refractivity contribution in [2.75, 3.05) is 13.1 Å². The third kappa shape index (κ3) is 3.34. The van der Waals surface area contributed by atoms with E-state index in [0.29, 0.717) is 0 Å². The zero-order valence-electron chi connectivity index (χ0n) is 11.6. The van der Waals surface area contributed by atoms with E-state index >= 15 is 0 Å². The molecule has 0 radical (unpaired) electrons. The topological polar surface area (TPSA) is 80.7 Å². The van der Waals surface area contributed by atoms with Crippen LogP contribution in [0.2, 0.25) is 0 Å². The highest BCUT2D eigenvalue weighted by molar-refractivity contribution is 5.91. The number of nitrogens with zero attached hydrogens (tertiary/aromatic N) is 1. The molecule has 6 heteroatoms. The maximum absolute atomic E-state index is 11.4. The summed E-state index contributed by atoms with van der Waals surface area (Å²) < 4.78 is 11.1. The van der Waals surface area contributed by atoms with E-state index in [2.05, 4.69) is 24.2 Å². The molecule has 2 unspecified atom stereocenters. The van der Waals surface area contributed by atoms with Gasteiger partial charge in [0.25, 0.3) is 0 Å². The first kappa shape index (κ1) is 14.0. The van der Waals surface area contributed by atoms with Crippen LogP contribution >= 0.6 is 0 Å². The SMILES string of the molecule is Cc1oc(C(=O)NN)cc1CN1CC(C)OC(C)C1. The van der Waals surface area contributed by atoms with Crippen LogP contribution in [0.1, 0.15) is 35.7 Å². The van der Waals surface area contributed by atoms with Crippen LogP contribution in [0.5, 0.6) is 0 Å². The van der Waals surface area contributed by atoms with Gasteiger partial charge in [-0.15, -0.1) is 0 Å². The molecule has 0 spiro atoms. The molecule has 0 aliphatic carbocycles. The number of nitrogens with one attached hydrogen (secondary N) is 1. The monoisotopic (exact) mass is 267 g/mol. The summed E-state index contributed by atoms with van der Waals surface area (Å²) in [6.45, 7) is 8.51. The first-order valence-electron chi connectivity index (χ1n) is 6.47. The number of hydrazine groups is 1. The Morgan fingerprint density at radius 3 is 2.68 bits per heavy atom.